The van der Waals surface area contributed by atoms with E-state index in [0.717, 1.165) is 36.8 Å². The lowest BCUT2D eigenvalue weighted by Crippen LogP contribution is -2.47. The summed E-state index contributed by atoms with van der Waals surface area (Å²) in [6.45, 7) is 2.87. The summed E-state index contributed by atoms with van der Waals surface area (Å²) in [7, 11) is 0. The third kappa shape index (κ3) is 5.84. The number of likely N-dealkylation sites (tertiary alicyclic amines) is 1. The molecule has 0 saturated carbocycles. The Labute approximate surface area is 206 Å². The van der Waals surface area contributed by atoms with Gasteiger partial charge in [-0.25, -0.2) is 9.59 Å². The molecule has 0 bridgehead atoms. The molecule has 2 unspecified atom stereocenters. The van der Waals surface area contributed by atoms with Crippen LogP contribution in [-0.2, 0) is 14.3 Å². The molecule has 7 nitrogen and oxygen atoms in total. The summed E-state index contributed by atoms with van der Waals surface area (Å²) in [5.74, 6) is -1.25. The van der Waals surface area contributed by atoms with E-state index >= 15 is 0 Å². The van der Waals surface area contributed by atoms with Crippen LogP contribution < -0.4 is 5.32 Å². The van der Waals surface area contributed by atoms with Crippen LogP contribution >= 0.6 is 0 Å². The maximum absolute atomic E-state index is 12.9. The normalized spacial score (nSPS) is 18.5. The van der Waals surface area contributed by atoms with Crippen molar-refractivity contribution in [2.75, 3.05) is 19.7 Å². The van der Waals surface area contributed by atoms with Crippen molar-refractivity contribution in [1.29, 1.82) is 0 Å². The molecule has 1 aliphatic heterocycles. The standard InChI is InChI=1S/C28H34N2O5/c1-19(16-26(31)30-15-9-3-2-4-14-25(30)27(32)33)17-29-28(34)35-18-24-22-12-7-5-10-20(22)21-11-6-8-13-23(21)24/h5-8,10-13,19,24-25H,2-4,9,14-18H2,1H3,(H,29,34)(H,32,33). The van der Waals surface area contributed by atoms with Crippen molar-refractivity contribution in [3.63, 3.8) is 0 Å². The van der Waals surface area contributed by atoms with Crippen LogP contribution in [0.15, 0.2) is 48.5 Å². The largest absolute Gasteiger partial charge is 0.480 e. The highest BCUT2D eigenvalue weighted by molar-refractivity contribution is 5.84. The highest BCUT2D eigenvalue weighted by atomic mass is 16.5. The molecule has 2 amide bonds. The van der Waals surface area contributed by atoms with Gasteiger partial charge >= 0.3 is 12.1 Å². The molecule has 4 rings (SSSR count). The predicted molar refractivity (Wildman–Crippen MR) is 133 cm³/mol. The zero-order valence-corrected chi connectivity index (χ0v) is 20.2. The van der Waals surface area contributed by atoms with Gasteiger partial charge in [-0.15, -0.1) is 0 Å². The number of alkyl carbamates (subject to hydrolysis) is 1. The highest BCUT2D eigenvalue weighted by Gasteiger charge is 2.31. The smallest absolute Gasteiger partial charge is 0.407 e. The fraction of sp³-hybridized carbons (Fsp3) is 0.464. The molecule has 2 aromatic carbocycles. The van der Waals surface area contributed by atoms with Gasteiger partial charge < -0.3 is 20.1 Å². The molecule has 0 aromatic heterocycles. The van der Waals surface area contributed by atoms with E-state index in [4.69, 9.17) is 4.74 Å². The van der Waals surface area contributed by atoms with E-state index in [1.165, 1.54) is 16.0 Å². The minimum Gasteiger partial charge on any atom is -0.480 e. The molecular formula is C28H34N2O5. The van der Waals surface area contributed by atoms with Crippen LogP contribution in [-0.4, -0.2) is 53.7 Å². The van der Waals surface area contributed by atoms with Crippen molar-refractivity contribution in [2.24, 2.45) is 5.92 Å². The number of carbonyl (C=O) groups is 3. The van der Waals surface area contributed by atoms with Gasteiger partial charge in [0.25, 0.3) is 0 Å². The SMILES string of the molecule is CC(CNC(=O)OCC1c2ccccc2-c2ccccc21)CC(=O)N1CCCCCCC1C(=O)O. The van der Waals surface area contributed by atoms with Gasteiger partial charge in [-0.2, -0.15) is 0 Å². The van der Waals surface area contributed by atoms with Crippen LogP contribution in [0, 0.1) is 5.92 Å². The summed E-state index contributed by atoms with van der Waals surface area (Å²) >= 11 is 0. The Morgan fingerprint density at radius 1 is 1.00 bits per heavy atom. The summed E-state index contributed by atoms with van der Waals surface area (Å²) in [6, 6.07) is 15.6. The third-order valence-corrected chi connectivity index (χ3v) is 7.07. The van der Waals surface area contributed by atoms with Gasteiger partial charge in [0.05, 0.1) is 0 Å². The second kappa shape index (κ2) is 11.4. The summed E-state index contributed by atoms with van der Waals surface area (Å²) in [4.78, 5) is 38.5. The Morgan fingerprint density at radius 3 is 2.29 bits per heavy atom. The number of nitrogens with one attached hydrogen (secondary N) is 1. The van der Waals surface area contributed by atoms with Gasteiger partial charge in [0.1, 0.15) is 12.6 Å². The van der Waals surface area contributed by atoms with Gasteiger partial charge in [-0.3, -0.25) is 4.79 Å². The van der Waals surface area contributed by atoms with Gasteiger partial charge in [0.15, 0.2) is 0 Å². The average molecular weight is 479 g/mol. The number of aliphatic carboxylic acids is 1. The molecule has 0 radical (unpaired) electrons. The molecule has 1 saturated heterocycles. The van der Waals surface area contributed by atoms with Gasteiger partial charge in [0.2, 0.25) is 5.91 Å². The molecule has 7 heteroatoms. The Bertz CT molecular complexity index is 1020. The maximum Gasteiger partial charge on any atom is 0.407 e. The third-order valence-electron chi connectivity index (χ3n) is 7.07. The second-order valence-corrected chi connectivity index (χ2v) is 9.66. The Kier molecular flexibility index (Phi) is 8.06. The number of rotatable bonds is 7. The number of benzene rings is 2. The first-order valence-electron chi connectivity index (χ1n) is 12.6. The van der Waals surface area contributed by atoms with Crippen LogP contribution in [0.4, 0.5) is 4.79 Å². The molecule has 1 aliphatic carbocycles. The molecule has 2 aromatic rings. The number of hydrogen-bond acceptors (Lipinski definition) is 4. The zero-order chi connectivity index (χ0) is 24.8. The van der Waals surface area contributed by atoms with Crippen molar-refractivity contribution < 1.29 is 24.2 Å². The monoisotopic (exact) mass is 478 g/mol. The Hall–Kier alpha value is -3.35. The molecule has 2 atom stereocenters. The zero-order valence-electron chi connectivity index (χ0n) is 20.2. The van der Waals surface area contributed by atoms with Gasteiger partial charge in [-0.1, -0.05) is 74.7 Å². The second-order valence-electron chi connectivity index (χ2n) is 9.66. The summed E-state index contributed by atoms with van der Waals surface area (Å²) < 4.78 is 5.57. The number of hydrogen-bond donors (Lipinski definition) is 2. The van der Waals surface area contributed by atoms with Crippen molar-refractivity contribution >= 4 is 18.0 Å². The van der Waals surface area contributed by atoms with Crippen molar-refractivity contribution in [2.45, 2.75) is 57.4 Å². The van der Waals surface area contributed by atoms with E-state index in [1.807, 2.05) is 31.2 Å². The molecule has 1 heterocycles. The number of ether oxygens (including phenoxy) is 1. The summed E-state index contributed by atoms with van der Waals surface area (Å²) in [5, 5.41) is 12.4. The lowest BCUT2D eigenvalue weighted by atomic mass is 9.98. The molecular weight excluding hydrogens is 444 g/mol. The van der Waals surface area contributed by atoms with Crippen LogP contribution in [0.25, 0.3) is 11.1 Å². The number of nitrogens with zero attached hydrogens (tertiary/aromatic N) is 1. The molecule has 1 fully saturated rings. The molecule has 35 heavy (non-hydrogen) atoms. The minimum absolute atomic E-state index is 0.00720. The lowest BCUT2D eigenvalue weighted by molar-refractivity contribution is -0.151. The van der Waals surface area contributed by atoms with E-state index in [9.17, 15) is 19.5 Å². The number of fused-ring (bicyclic) bond motifs is 3. The van der Waals surface area contributed by atoms with E-state index in [2.05, 4.69) is 29.6 Å². The fourth-order valence-electron chi connectivity index (χ4n) is 5.23. The number of carboxylic acids is 1. The predicted octanol–water partition coefficient (Wildman–Crippen LogP) is 4.80. The van der Waals surface area contributed by atoms with E-state index < -0.39 is 18.1 Å². The molecule has 2 aliphatic rings. The fourth-order valence-corrected chi connectivity index (χ4v) is 5.23. The molecule has 2 N–H and O–H groups in total. The Balaban J connectivity index is 1.27. The first-order chi connectivity index (χ1) is 17.0. The lowest BCUT2D eigenvalue weighted by Gasteiger charge is -2.31. The van der Waals surface area contributed by atoms with E-state index in [1.54, 1.807) is 0 Å². The van der Waals surface area contributed by atoms with E-state index in [-0.39, 0.29) is 37.3 Å². The van der Waals surface area contributed by atoms with Gasteiger partial charge in [-0.05, 0) is 41.0 Å². The van der Waals surface area contributed by atoms with Crippen LogP contribution in [0.2, 0.25) is 0 Å². The average Bonchev–Trinajstić information content (AvgIpc) is 3.14. The van der Waals surface area contributed by atoms with Crippen molar-refractivity contribution in [3.8, 4) is 11.1 Å². The Morgan fingerprint density at radius 2 is 1.63 bits per heavy atom. The number of amides is 2. The van der Waals surface area contributed by atoms with Crippen LogP contribution in [0.5, 0.6) is 0 Å². The minimum atomic E-state index is -0.940. The van der Waals surface area contributed by atoms with Crippen LogP contribution in [0.3, 0.4) is 0 Å². The number of carboxylic acid groups (broad SMARTS) is 1. The summed E-state index contributed by atoms with van der Waals surface area (Å²) in [5.41, 5.74) is 4.66. The van der Waals surface area contributed by atoms with Crippen LogP contribution in [0.1, 0.15) is 62.5 Å². The van der Waals surface area contributed by atoms with Gasteiger partial charge in [0, 0.05) is 25.4 Å². The highest BCUT2D eigenvalue weighted by Crippen LogP contribution is 2.44. The number of carbonyl (C=O) groups excluding carboxylic acids is 2. The summed E-state index contributed by atoms with van der Waals surface area (Å²) in [6.07, 6.45) is 3.82. The first-order valence-corrected chi connectivity index (χ1v) is 12.6. The van der Waals surface area contributed by atoms with Crippen molar-refractivity contribution in [1.82, 2.24) is 10.2 Å². The molecule has 186 valence electrons. The quantitative estimate of drug-likeness (QED) is 0.596. The maximum atomic E-state index is 12.9. The first kappa shape index (κ1) is 24.8. The van der Waals surface area contributed by atoms with Crippen molar-refractivity contribution in [3.05, 3.63) is 59.7 Å². The van der Waals surface area contributed by atoms with E-state index in [0.29, 0.717) is 13.0 Å². The molecule has 0 spiro atoms. The topological polar surface area (TPSA) is 95.9 Å².